The fraction of sp³-hybridized carbons (Fsp3) is 0. The maximum Gasteiger partial charge on any atom is 0.170 e. The normalized spacial score (nSPS) is 13.1. The van der Waals surface area contributed by atoms with E-state index in [2.05, 4.69) is 10.3 Å². The minimum atomic E-state index is 0.0128. The smallest absolute Gasteiger partial charge is 0.170 e. The minimum Gasteiger partial charge on any atom is -0.456 e. The predicted molar refractivity (Wildman–Crippen MR) is 78.7 cm³/mol. The second-order valence-corrected chi connectivity index (χ2v) is 4.49. The quantitative estimate of drug-likeness (QED) is 0.246. The summed E-state index contributed by atoms with van der Waals surface area (Å²) in [4.78, 5) is 0. The van der Waals surface area contributed by atoms with Gasteiger partial charge in [0.2, 0.25) is 0 Å². The number of furan rings is 1. The molecule has 0 amide bonds. The van der Waals surface area contributed by atoms with E-state index >= 15 is 0 Å². The van der Waals surface area contributed by atoms with Crippen LogP contribution in [0.4, 0.5) is 0 Å². The van der Waals surface area contributed by atoms with Crippen LogP contribution in [0.5, 0.6) is 0 Å². The van der Waals surface area contributed by atoms with Crippen molar-refractivity contribution in [2.75, 3.05) is 0 Å². The van der Waals surface area contributed by atoms with Crippen LogP contribution in [0.15, 0.2) is 51.1 Å². The van der Waals surface area contributed by atoms with Crippen LogP contribution < -0.4 is 11.5 Å². The maximum atomic E-state index is 8.75. The SMILES string of the molecule is NC(=NO)c1ccc2oc3ccc(C(N)=NO)cc3c2c1. The molecule has 7 heteroatoms. The lowest BCUT2D eigenvalue weighted by atomic mass is 10.1. The third-order valence-electron chi connectivity index (χ3n) is 3.28. The Bertz CT molecular complexity index is 824. The summed E-state index contributed by atoms with van der Waals surface area (Å²) >= 11 is 0. The molecule has 0 saturated heterocycles. The van der Waals surface area contributed by atoms with E-state index in [1.807, 2.05) is 0 Å². The van der Waals surface area contributed by atoms with Crippen molar-refractivity contribution in [2.24, 2.45) is 21.8 Å². The summed E-state index contributed by atoms with van der Waals surface area (Å²) in [5.41, 5.74) is 13.7. The predicted octanol–water partition coefficient (Wildman–Crippen LogP) is 1.78. The van der Waals surface area contributed by atoms with Crippen LogP contribution in [-0.4, -0.2) is 22.1 Å². The first-order chi connectivity index (χ1) is 10.1. The molecule has 1 heterocycles. The molecule has 3 aromatic rings. The van der Waals surface area contributed by atoms with Crippen LogP contribution in [0.1, 0.15) is 11.1 Å². The van der Waals surface area contributed by atoms with E-state index in [-0.39, 0.29) is 11.7 Å². The molecule has 0 aliphatic carbocycles. The average molecular weight is 284 g/mol. The fourth-order valence-corrected chi connectivity index (χ4v) is 2.21. The second-order valence-electron chi connectivity index (χ2n) is 4.49. The summed E-state index contributed by atoms with van der Waals surface area (Å²) in [5, 5.41) is 25.1. The van der Waals surface area contributed by atoms with Crippen molar-refractivity contribution in [2.45, 2.75) is 0 Å². The maximum absolute atomic E-state index is 8.75. The van der Waals surface area contributed by atoms with Crippen LogP contribution in [-0.2, 0) is 0 Å². The van der Waals surface area contributed by atoms with Crippen LogP contribution in [0.2, 0.25) is 0 Å². The number of rotatable bonds is 2. The van der Waals surface area contributed by atoms with E-state index in [1.54, 1.807) is 36.4 Å². The number of nitrogens with two attached hydrogens (primary N) is 2. The fourth-order valence-electron chi connectivity index (χ4n) is 2.21. The molecule has 2 aromatic carbocycles. The lowest BCUT2D eigenvalue weighted by molar-refractivity contribution is 0.318. The van der Waals surface area contributed by atoms with Crippen molar-refractivity contribution in [3.05, 3.63) is 47.5 Å². The monoisotopic (exact) mass is 284 g/mol. The van der Waals surface area contributed by atoms with Crippen LogP contribution >= 0.6 is 0 Å². The van der Waals surface area contributed by atoms with Crippen LogP contribution in [0.25, 0.3) is 21.9 Å². The number of hydrogen-bond donors (Lipinski definition) is 4. The Kier molecular flexibility index (Phi) is 2.87. The highest BCUT2D eigenvalue weighted by molar-refractivity contribution is 6.11. The molecule has 106 valence electrons. The number of benzene rings is 2. The van der Waals surface area contributed by atoms with Crippen molar-refractivity contribution in [3.63, 3.8) is 0 Å². The first-order valence-electron chi connectivity index (χ1n) is 6.06. The van der Waals surface area contributed by atoms with Crippen molar-refractivity contribution >= 4 is 33.6 Å². The van der Waals surface area contributed by atoms with Gasteiger partial charge in [0.1, 0.15) is 11.2 Å². The zero-order valence-electron chi connectivity index (χ0n) is 10.8. The molecule has 0 saturated carbocycles. The lowest BCUT2D eigenvalue weighted by Crippen LogP contribution is -2.12. The van der Waals surface area contributed by atoms with Crippen molar-refractivity contribution in [3.8, 4) is 0 Å². The Balaban J connectivity index is 2.31. The highest BCUT2D eigenvalue weighted by Gasteiger charge is 2.11. The number of nitrogens with zero attached hydrogens (tertiary/aromatic N) is 2. The van der Waals surface area contributed by atoms with Crippen LogP contribution in [0, 0.1) is 0 Å². The topological polar surface area (TPSA) is 130 Å². The molecular weight excluding hydrogens is 272 g/mol. The van der Waals surface area contributed by atoms with Gasteiger partial charge in [0.15, 0.2) is 11.7 Å². The van der Waals surface area contributed by atoms with Crippen molar-refractivity contribution in [1.29, 1.82) is 0 Å². The number of oxime groups is 2. The molecular formula is C14H12N4O3. The summed E-state index contributed by atoms with van der Waals surface area (Å²) in [7, 11) is 0. The van der Waals surface area contributed by atoms with Gasteiger partial charge in [-0.15, -0.1) is 0 Å². The van der Waals surface area contributed by atoms with Gasteiger partial charge in [-0.2, -0.15) is 0 Å². The molecule has 0 spiro atoms. The van der Waals surface area contributed by atoms with E-state index in [4.69, 9.17) is 26.3 Å². The first-order valence-corrected chi connectivity index (χ1v) is 6.06. The number of amidine groups is 2. The van der Waals surface area contributed by atoms with Gasteiger partial charge in [0, 0.05) is 21.9 Å². The Morgan fingerprint density at radius 2 is 1.24 bits per heavy atom. The Morgan fingerprint density at radius 3 is 1.62 bits per heavy atom. The molecule has 0 bridgehead atoms. The number of hydrogen-bond acceptors (Lipinski definition) is 5. The summed E-state index contributed by atoms with van der Waals surface area (Å²) < 4.78 is 5.70. The Hall–Kier alpha value is -3.22. The standard InChI is InChI=1S/C14H12N4O3/c15-13(17-19)7-1-3-11-9(5-7)10-6-8(14(16)18-20)2-4-12(10)21-11/h1-6,19-20H,(H2,15,17)(H2,16,18). The summed E-state index contributed by atoms with van der Waals surface area (Å²) in [6.07, 6.45) is 0. The molecule has 0 fully saturated rings. The molecule has 0 atom stereocenters. The zero-order valence-corrected chi connectivity index (χ0v) is 10.8. The van der Waals surface area contributed by atoms with Gasteiger partial charge in [-0.25, -0.2) is 0 Å². The summed E-state index contributed by atoms with van der Waals surface area (Å²) in [5.74, 6) is 0.0256. The van der Waals surface area contributed by atoms with Crippen molar-refractivity contribution in [1.82, 2.24) is 0 Å². The lowest BCUT2D eigenvalue weighted by Gasteiger charge is -1.99. The molecule has 0 aliphatic rings. The molecule has 7 nitrogen and oxygen atoms in total. The molecule has 21 heavy (non-hydrogen) atoms. The van der Waals surface area contributed by atoms with E-state index in [1.165, 1.54) is 0 Å². The zero-order chi connectivity index (χ0) is 15.0. The molecule has 3 rings (SSSR count). The van der Waals surface area contributed by atoms with E-state index in [9.17, 15) is 0 Å². The van der Waals surface area contributed by atoms with E-state index in [0.29, 0.717) is 22.3 Å². The van der Waals surface area contributed by atoms with Gasteiger partial charge < -0.3 is 26.3 Å². The number of fused-ring (bicyclic) bond motifs is 3. The largest absolute Gasteiger partial charge is 0.456 e. The molecule has 1 aromatic heterocycles. The Labute approximate surface area is 118 Å². The molecule has 0 aliphatic heterocycles. The highest BCUT2D eigenvalue weighted by atomic mass is 16.4. The highest BCUT2D eigenvalue weighted by Crippen LogP contribution is 2.30. The third kappa shape index (κ3) is 2.00. The van der Waals surface area contributed by atoms with Gasteiger partial charge in [-0.3, -0.25) is 0 Å². The van der Waals surface area contributed by atoms with E-state index < -0.39 is 0 Å². The molecule has 6 N–H and O–H groups in total. The van der Waals surface area contributed by atoms with Crippen molar-refractivity contribution < 1.29 is 14.8 Å². The van der Waals surface area contributed by atoms with Gasteiger partial charge >= 0.3 is 0 Å². The molecule has 0 radical (unpaired) electrons. The van der Waals surface area contributed by atoms with Gasteiger partial charge in [0.05, 0.1) is 0 Å². The Morgan fingerprint density at radius 1 is 0.810 bits per heavy atom. The third-order valence-corrected chi connectivity index (χ3v) is 3.28. The molecule has 0 unspecified atom stereocenters. The second kappa shape index (κ2) is 4.71. The summed E-state index contributed by atoms with van der Waals surface area (Å²) in [6.45, 7) is 0. The van der Waals surface area contributed by atoms with Crippen LogP contribution in [0.3, 0.4) is 0 Å². The van der Waals surface area contributed by atoms with Gasteiger partial charge in [-0.05, 0) is 36.4 Å². The first kappa shape index (κ1) is 12.8. The minimum absolute atomic E-state index is 0.0128. The summed E-state index contributed by atoms with van der Waals surface area (Å²) in [6, 6.07) is 10.4. The van der Waals surface area contributed by atoms with Gasteiger partial charge in [-0.1, -0.05) is 10.3 Å². The van der Waals surface area contributed by atoms with E-state index in [0.717, 1.165) is 10.8 Å². The van der Waals surface area contributed by atoms with Gasteiger partial charge in [0.25, 0.3) is 0 Å². The average Bonchev–Trinajstić information content (AvgIpc) is 2.90.